The zero-order chi connectivity index (χ0) is 15.4. The molecular formula is C16H30N3O2+. The third kappa shape index (κ3) is 4.19. The van der Waals surface area contributed by atoms with E-state index in [1.165, 1.54) is 24.2 Å². The number of rotatable bonds is 4. The van der Waals surface area contributed by atoms with Gasteiger partial charge < -0.3 is 16.0 Å². The number of nitrogens with two attached hydrogens (primary N) is 1. The van der Waals surface area contributed by atoms with Crippen LogP contribution in [0, 0.1) is 11.8 Å². The van der Waals surface area contributed by atoms with Crippen molar-refractivity contribution in [3.8, 4) is 0 Å². The van der Waals surface area contributed by atoms with Gasteiger partial charge >= 0.3 is 0 Å². The van der Waals surface area contributed by atoms with Crippen molar-refractivity contribution in [2.45, 2.75) is 64.5 Å². The standard InChI is InChI=1S/C16H29N3O2/c1-11-6-3-4-8-14(11)18-16(21)12(2)19-9-5-7-13(10-19)15(17)20/h11-14H,3-10H2,1-2H3,(H2,17,20)(H,18,21)/p+1/t11-,12+,13-,14-/m0/s1. The Morgan fingerprint density at radius 2 is 1.90 bits per heavy atom. The molecule has 2 rings (SSSR count). The average Bonchev–Trinajstić information content (AvgIpc) is 2.49. The number of likely N-dealkylation sites (tertiary alicyclic amines) is 1. The predicted octanol–water partition coefficient (Wildman–Crippen LogP) is -0.150. The summed E-state index contributed by atoms with van der Waals surface area (Å²) in [6.07, 6.45) is 6.64. The van der Waals surface area contributed by atoms with Crippen molar-refractivity contribution < 1.29 is 14.5 Å². The van der Waals surface area contributed by atoms with Gasteiger partial charge in [0.05, 0.1) is 19.0 Å². The van der Waals surface area contributed by atoms with Crippen LogP contribution in [0.25, 0.3) is 0 Å². The van der Waals surface area contributed by atoms with Crippen molar-refractivity contribution in [1.29, 1.82) is 0 Å². The van der Waals surface area contributed by atoms with E-state index in [2.05, 4.69) is 12.2 Å². The number of amides is 2. The summed E-state index contributed by atoms with van der Waals surface area (Å²) in [6, 6.07) is 0.228. The molecule has 1 aliphatic carbocycles. The highest BCUT2D eigenvalue weighted by atomic mass is 16.2. The van der Waals surface area contributed by atoms with Crippen molar-refractivity contribution in [3.63, 3.8) is 0 Å². The molecule has 0 aromatic carbocycles. The lowest BCUT2D eigenvalue weighted by molar-refractivity contribution is -0.921. The number of quaternary nitrogens is 1. The Hall–Kier alpha value is -1.10. The average molecular weight is 296 g/mol. The van der Waals surface area contributed by atoms with E-state index in [1.54, 1.807) is 0 Å². The van der Waals surface area contributed by atoms with Crippen molar-refractivity contribution in [2.24, 2.45) is 17.6 Å². The first-order valence-electron chi connectivity index (χ1n) is 8.43. The molecule has 2 fully saturated rings. The molecule has 5 nitrogen and oxygen atoms in total. The van der Waals surface area contributed by atoms with Gasteiger partial charge in [0.25, 0.3) is 5.91 Å². The molecule has 4 N–H and O–H groups in total. The molecule has 21 heavy (non-hydrogen) atoms. The number of piperidine rings is 1. The summed E-state index contributed by atoms with van der Waals surface area (Å²) < 4.78 is 0. The Balaban J connectivity index is 1.87. The van der Waals surface area contributed by atoms with E-state index in [9.17, 15) is 9.59 Å². The summed E-state index contributed by atoms with van der Waals surface area (Å²) in [5, 5.41) is 3.23. The van der Waals surface area contributed by atoms with Gasteiger partial charge in [-0.05, 0) is 38.5 Å². The fourth-order valence-corrected chi connectivity index (χ4v) is 3.76. The number of carbonyl (C=O) groups excluding carboxylic acids is 2. The first-order chi connectivity index (χ1) is 9.99. The maximum absolute atomic E-state index is 12.5. The maximum Gasteiger partial charge on any atom is 0.278 e. The maximum atomic E-state index is 12.5. The van der Waals surface area contributed by atoms with Crippen molar-refractivity contribution in [2.75, 3.05) is 13.1 Å². The normalized spacial score (nSPS) is 35.0. The van der Waals surface area contributed by atoms with E-state index in [1.807, 2.05) is 6.92 Å². The van der Waals surface area contributed by atoms with Crippen LogP contribution >= 0.6 is 0 Å². The molecule has 0 aromatic rings. The SMILES string of the molecule is C[C@H](C(=O)N[C@H]1CCCC[C@@H]1C)[NH+]1CCC[C@H](C(N)=O)C1. The van der Waals surface area contributed by atoms with Gasteiger partial charge in [-0.15, -0.1) is 0 Å². The van der Waals surface area contributed by atoms with Crippen LogP contribution in [-0.2, 0) is 9.59 Å². The first-order valence-corrected chi connectivity index (χ1v) is 8.43. The molecule has 5 atom stereocenters. The summed E-state index contributed by atoms with van der Waals surface area (Å²) in [5.74, 6) is 0.414. The summed E-state index contributed by atoms with van der Waals surface area (Å²) >= 11 is 0. The molecule has 0 spiro atoms. The van der Waals surface area contributed by atoms with Gasteiger partial charge in [-0.3, -0.25) is 9.59 Å². The number of hydrogen-bond donors (Lipinski definition) is 3. The smallest absolute Gasteiger partial charge is 0.278 e. The Morgan fingerprint density at radius 1 is 1.19 bits per heavy atom. The number of carbonyl (C=O) groups is 2. The molecule has 1 heterocycles. The molecule has 1 saturated carbocycles. The lowest BCUT2D eigenvalue weighted by Crippen LogP contribution is -3.18. The Kier molecular flexibility index (Phi) is 5.62. The van der Waals surface area contributed by atoms with E-state index in [4.69, 9.17) is 5.73 Å². The molecule has 120 valence electrons. The van der Waals surface area contributed by atoms with E-state index in [-0.39, 0.29) is 23.8 Å². The van der Waals surface area contributed by atoms with Crippen LogP contribution in [0.1, 0.15) is 52.4 Å². The first kappa shape index (κ1) is 16.3. The minimum Gasteiger partial charge on any atom is -0.369 e. The van der Waals surface area contributed by atoms with Gasteiger partial charge in [0.1, 0.15) is 0 Å². The van der Waals surface area contributed by atoms with E-state index < -0.39 is 0 Å². The highest BCUT2D eigenvalue weighted by Gasteiger charge is 2.34. The van der Waals surface area contributed by atoms with Crippen LogP contribution in [0.5, 0.6) is 0 Å². The zero-order valence-corrected chi connectivity index (χ0v) is 13.4. The summed E-state index contributed by atoms with van der Waals surface area (Å²) in [5.41, 5.74) is 5.42. The topological polar surface area (TPSA) is 76.6 Å². The largest absolute Gasteiger partial charge is 0.369 e. The van der Waals surface area contributed by atoms with E-state index >= 15 is 0 Å². The molecule has 0 aromatic heterocycles. The van der Waals surface area contributed by atoms with Gasteiger partial charge in [-0.25, -0.2) is 0 Å². The minimum atomic E-state index is -0.222. The quantitative estimate of drug-likeness (QED) is 0.675. The van der Waals surface area contributed by atoms with Crippen molar-refractivity contribution in [1.82, 2.24) is 5.32 Å². The molecule has 2 aliphatic rings. The van der Waals surface area contributed by atoms with Gasteiger partial charge in [0.2, 0.25) is 5.91 Å². The number of nitrogens with one attached hydrogen (secondary N) is 2. The molecule has 1 aliphatic heterocycles. The summed E-state index contributed by atoms with van der Waals surface area (Å²) in [4.78, 5) is 25.0. The van der Waals surface area contributed by atoms with Gasteiger partial charge in [0, 0.05) is 6.04 Å². The van der Waals surface area contributed by atoms with Crippen molar-refractivity contribution in [3.05, 3.63) is 0 Å². The van der Waals surface area contributed by atoms with Crippen LogP contribution in [0.3, 0.4) is 0 Å². The van der Waals surface area contributed by atoms with Gasteiger partial charge in [-0.2, -0.15) is 0 Å². The minimum absolute atomic E-state index is 0.0717. The second-order valence-corrected chi connectivity index (χ2v) is 6.95. The Bertz CT molecular complexity index is 386. The Labute approximate surface area is 127 Å². The molecular weight excluding hydrogens is 266 g/mol. The molecule has 0 bridgehead atoms. The fraction of sp³-hybridized carbons (Fsp3) is 0.875. The number of hydrogen-bond acceptors (Lipinski definition) is 2. The van der Waals surface area contributed by atoms with E-state index in [0.29, 0.717) is 18.5 Å². The number of primary amides is 1. The second-order valence-electron chi connectivity index (χ2n) is 6.95. The van der Waals surface area contributed by atoms with Crippen LogP contribution in [0.15, 0.2) is 0 Å². The van der Waals surface area contributed by atoms with Gasteiger partial charge in [-0.1, -0.05) is 19.8 Å². The highest BCUT2D eigenvalue weighted by molar-refractivity contribution is 5.80. The summed E-state index contributed by atoms with van der Waals surface area (Å²) in [6.45, 7) is 5.86. The second kappa shape index (κ2) is 7.25. The lowest BCUT2D eigenvalue weighted by Gasteiger charge is -2.34. The van der Waals surface area contributed by atoms with Gasteiger partial charge in [0.15, 0.2) is 6.04 Å². The van der Waals surface area contributed by atoms with Crippen molar-refractivity contribution >= 4 is 11.8 Å². The van der Waals surface area contributed by atoms with Crippen LogP contribution in [-0.4, -0.2) is 37.0 Å². The Morgan fingerprint density at radius 3 is 2.57 bits per heavy atom. The predicted molar refractivity (Wildman–Crippen MR) is 81.6 cm³/mol. The molecule has 0 radical (unpaired) electrons. The zero-order valence-electron chi connectivity index (χ0n) is 13.4. The van der Waals surface area contributed by atoms with Crippen LogP contribution < -0.4 is 16.0 Å². The monoisotopic (exact) mass is 296 g/mol. The molecule has 5 heteroatoms. The third-order valence-corrected chi connectivity index (χ3v) is 5.41. The fourth-order valence-electron chi connectivity index (χ4n) is 3.76. The van der Waals surface area contributed by atoms with Crippen LogP contribution in [0.2, 0.25) is 0 Å². The molecule has 1 saturated heterocycles. The summed E-state index contributed by atoms with van der Waals surface area (Å²) in [7, 11) is 0. The van der Waals surface area contributed by atoms with E-state index in [0.717, 1.165) is 25.8 Å². The molecule has 1 unspecified atom stereocenters. The highest BCUT2D eigenvalue weighted by Crippen LogP contribution is 2.23. The lowest BCUT2D eigenvalue weighted by atomic mass is 9.86. The third-order valence-electron chi connectivity index (χ3n) is 5.41. The molecule has 2 amide bonds. The van der Waals surface area contributed by atoms with Crippen LogP contribution in [0.4, 0.5) is 0 Å².